The van der Waals surface area contributed by atoms with Crippen molar-refractivity contribution in [3.63, 3.8) is 0 Å². The average molecular weight is 320 g/mol. The van der Waals surface area contributed by atoms with Crippen molar-refractivity contribution in [1.82, 2.24) is 14.8 Å². The maximum atomic E-state index is 14.5. The van der Waals surface area contributed by atoms with Crippen LogP contribution in [0.25, 0.3) is 5.70 Å². The van der Waals surface area contributed by atoms with Crippen molar-refractivity contribution in [2.24, 2.45) is 0 Å². The summed E-state index contributed by atoms with van der Waals surface area (Å²) in [7, 11) is 0. The summed E-state index contributed by atoms with van der Waals surface area (Å²) in [6.45, 7) is 0.373. The van der Waals surface area contributed by atoms with Crippen LogP contribution in [0.5, 0.6) is 5.75 Å². The first-order valence-corrected chi connectivity index (χ1v) is 7.69. The Labute approximate surface area is 137 Å². The second-order valence-corrected chi connectivity index (χ2v) is 5.76. The Balaban J connectivity index is 1.77. The molecule has 5 nitrogen and oxygen atoms in total. The van der Waals surface area contributed by atoms with Crippen molar-refractivity contribution in [2.75, 3.05) is 11.9 Å². The summed E-state index contributed by atoms with van der Waals surface area (Å²) in [5.74, 6) is 1.14. The topological polar surface area (TPSA) is 52.0 Å². The minimum atomic E-state index is -0.381. The predicted octanol–water partition coefficient (Wildman–Crippen LogP) is 3.24. The highest BCUT2D eigenvalue weighted by Gasteiger charge is 2.35. The number of benzene rings is 2. The van der Waals surface area contributed by atoms with Gasteiger partial charge in [0.15, 0.2) is 0 Å². The smallest absolute Gasteiger partial charge is 0.226 e. The number of nitrogens with zero attached hydrogens (tertiary/aromatic N) is 3. The highest BCUT2D eigenvalue weighted by Crippen LogP contribution is 2.43. The van der Waals surface area contributed by atoms with Gasteiger partial charge in [-0.25, -0.2) is 9.07 Å². The molecule has 0 radical (unpaired) electrons. The number of nitrogens with one attached hydrogen (secondary N) is 1. The molecule has 1 atom stereocenters. The highest BCUT2D eigenvalue weighted by molar-refractivity contribution is 5.84. The Hall–Kier alpha value is -3.15. The number of hydrogen-bond donors (Lipinski definition) is 1. The van der Waals surface area contributed by atoms with E-state index in [-0.39, 0.29) is 11.9 Å². The minimum absolute atomic E-state index is 0.267. The molecule has 6 heteroatoms. The monoisotopic (exact) mass is 320 g/mol. The van der Waals surface area contributed by atoms with Crippen LogP contribution in [-0.2, 0) is 0 Å². The Bertz CT molecular complexity index is 978. The number of ether oxygens (including phenoxy) is 1. The Kier molecular flexibility index (Phi) is 2.73. The average Bonchev–Trinajstić information content (AvgIpc) is 3.08. The number of rotatable bonds is 1. The summed E-state index contributed by atoms with van der Waals surface area (Å²) in [6, 6.07) is 14.2. The molecule has 0 saturated heterocycles. The molecule has 0 bridgehead atoms. The predicted molar refractivity (Wildman–Crippen MR) is 87.0 cm³/mol. The van der Waals surface area contributed by atoms with Crippen molar-refractivity contribution >= 4 is 11.6 Å². The van der Waals surface area contributed by atoms with Crippen molar-refractivity contribution in [2.45, 2.75) is 6.04 Å². The molecule has 0 aliphatic carbocycles. The Morgan fingerprint density at radius 2 is 1.96 bits per heavy atom. The van der Waals surface area contributed by atoms with Crippen LogP contribution >= 0.6 is 0 Å². The summed E-state index contributed by atoms with van der Waals surface area (Å²) in [6.07, 6.45) is 1.47. The van der Waals surface area contributed by atoms with Crippen LogP contribution in [0.2, 0.25) is 0 Å². The van der Waals surface area contributed by atoms with E-state index >= 15 is 0 Å². The van der Waals surface area contributed by atoms with E-state index in [1.54, 1.807) is 16.8 Å². The molecular weight excluding hydrogens is 307 g/mol. The summed E-state index contributed by atoms with van der Waals surface area (Å²) in [4.78, 5) is 4.27. The number of para-hydroxylation sites is 1. The van der Waals surface area contributed by atoms with Gasteiger partial charge in [0.1, 0.15) is 30.5 Å². The van der Waals surface area contributed by atoms with Gasteiger partial charge in [-0.3, -0.25) is 0 Å². The zero-order chi connectivity index (χ0) is 16.1. The molecule has 2 aliphatic rings. The number of hydrogen-bond acceptors (Lipinski definition) is 4. The fraction of sp³-hybridized carbons (Fsp3) is 0.111. The van der Waals surface area contributed by atoms with Crippen LogP contribution in [0.1, 0.15) is 17.2 Å². The van der Waals surface area contributed by atoms with E-state index < -0.39 is 0 Å². The van der Waals surface area contributed by atoms with E-state index in [2.05, 4.69) is 15.4 Å². The van der Waals surface area contributed by atoms with Gasteiger partial charge >= 0.3 is 0 Å². The highest BCUT2D eigenvalue weighted by atomic mass is 19.1. The van der Waals surface area contributed by atoms with E-state index in [1.807, 2.05) is 30.3 Å². The van der Waals surface area contributed by atoms with Gasteiger partial charge in [0.05, 0.1) is 5.70 Å². The van der Waals surface area contributed by atoms with Crippen molar-refractivity contribution in [3.05, 3.63) is 77.4 Å². The molecule has 1 N–H and O–H groups in total. The lowest BCUT2D eigenvalue weighted by Crippen LogP contribution is -2.30. The summed E-state index contributed by atoms with van der Waals surface area (Å²) >= 11 is 0. The number of fused-ring (bicyclic) bond motifs is 3. The first-order chi connectivity index (χ1) is 11.8. The maximum Gasteiger partial charge on any atom is 0.226 e. The molecule has 2 aromatic carbocycles. The lowest BCUT2D eigenvalue weighted by atomic mass is 9.91. The van der Waals surface area contributed by atoms with Gasteiger partial charge in [-0.15, -0.1) is 0 Å². The van der Waals surface area contributed by atoms with Crippen molar-refractivity contribution in [3.8, 4) is 5.75 Å². The normalized spacial score (nSPS) is 18.1. The van der Waals surface area contributed by atoms with E-state index in [0.29, 0.717) is 18.1 Å². The van der Waals surface area contributed by atoms with Gasteiger partial charge in [0.2, 0.25) is 5.95 Å². The summed E-state index contributed by atoms with van der Waals surface area (Å²) < 4.78 is 22.1. The van der Waals surface area contributed by atoms with Crippen LogP contribution in [0.3, 0.4) is 0 Å². The molecular formula is C18H13FN4O. The second kappa shape index (κ2) is 4.92. The molecule has 2 aliphatic heterocycles. The van der Waals surface area contributed by atoms with E-state index in [9.17, 15) is 4.39 Å². The molecule has 1 aromatic heterocycles. The minimum Gasteiger partial charge on any atom is -0.488 e. The van der Waals surface area contributed by atoms with Crippen LogP contribution in [0.15, 0.2) is 60.4 Å². The standard InChI is InChI=1S/C18H13FN4O/c19-14-7-3-1-5-11(14)17-13-9-24-15-8-4-2-6-12(15)16(13)22-18-20-10-21-23(17)18/h1-8,10,17H,9H2,(H,20,21,22). The third kappa shape index (κ3) is 1.79. The van der Waals surface area contributed by atoms with E-state index in [1.165, 1.54) is 12.4 Å². The Morgan fingerprint density at radius 3 is 2.88 bits per heavy atom. The zero-order valence-corrected chi connectivity index (χ0v) is 12.6. The number of halogens is 1. The van der Waals surface area contributed by atoms with Gasteiger partial charge < -0.3 is 10.1 Å². The molecule has 0 fully saturated rings. The first-order valence-electron chi connectivity index (χ1n) is 7.69. The summed E-state index contributed by atoms with van der Waals surface area (Å²) in [5, 5.41) is 7.61. The van der Waals surface area contributed by atoms with Gasteiger partial charge in [0.25, 0.3) is 0 Å². The van der Waals surface area contributed by atoms with Gasteiger partial charge in [0, 0.05) is 16.7 Å². The van der Waals surface area contributed by atoms with Gasteiger partial charge in [-0.05, 0) is 18.2 Å². The fourth-order valence-corrected chi connectivity index (χ4v) is 3.37. The van der Waals surface area contributed by atoms with Crippen LogP contribution < -0.4 is 10.1 Å². The van der Waals surface area contributed by atoms with Crippen LogP contribution in [0.4, 0.5) is 10.3 Å². The molecule has 3 heterocycles. The molecule has 3 aromatic rings. The lowest BCUT2D eigenvalue weighted by Gasteiger charge is -2.34. The zero-order valence-electron chi connectivity index (χ0n) is 12.6. The third-order valence-corrected chi connectivity index (χ3v) is 4.45. The van der Waals surface area contributed by atoms with Crippen molar-refractivity contribution < 1.29 is 9.13 Å². The maximum absolute atomic E-state index is 14.5. The Morgan fingerprint density at radius 1 is 1.12 bits per heavy atom. The molecule has 1 unspecified atom stereocenters. The quantitative estimate of drug-likeness (QED) is 0.748. The fourth-order valence-electron chi connectivity index (χ4n) is 3.37. The second-order valence-electron chi connectivity index (χ2n) is 5.76. The summed E-state index contributed by atoms with van der Waals surface area (Å²) in [5.41, 5.74) is 3.37. The molecule has 118 valence electrons. The molecule has 0 saturated carbocycles. The van der Waals surface area contributed by atoms with Crippen LogP contribution in [-0.4, -0.2) is 21.4 Å². The third-order valence-electron chi connectivity index (χ3n) is 4.45. The van der Waals surface area contributed by atoms with Crippen molar-refractivity contribution in [1.29, 1.82) is 0 Å². The SMILES string of the molecule is Fc1ccccc1C1C2=C(Nc3ncnn31)c1ccccc1OC2. The lowest BCUT2D eigenvalue weighted by molar-refractivity contribution is 0.326. The molecule has 0 spiro atoms. The molecule has 5 rings (SSSR count). The number of anilines is 1. The van der Waals surface area contributed by atoms with E-state index in [0.717, 1.165) is 22.6 Å². The number of aromatic nitrogens is 3. The molecule has 0 amide bonds. The van der Waals surface area contributed by atoms with Gasteiger partial charge in [-0.1, -0.05) is 30.3 Å². The molecule has 24 heavy (non-hydrogen) atoms. The van der Waals surface area contributed by atoms with Gasteiger partial charge in [-0.2, -0.15) is 10.1 Å². The van der Waals surface area contributed by atoms with Crippen LogP contribution in [0, 0.1) is 5.82 Å². The first kappa shape index (κ1) is 13.3. The van der Waals surface area contributed by atoms with E-state index in [4.69, 9.17) is 4.74 Å². The largest absolute Gasteiger partial charge is 0.488 e.